The van der Waals surface area contributed by atoms with E-state index >= 15 is 0 Å². The molecule has 0 bridgehead atoms. The molecule has 4 heteroatoms. The first-order chi connectivity index (χ1) is 9.72. The first-order valence-corrected chi connectivity index (χ1v) is 8.87. The van der Waals surface area contributed by atoms with E-state index in [-0.39, 0.29) is 0 Å². The molecular weight excluding hydrogens is 270 g/mol. The Labute approximate surface area is 124 Å². The van der Waals surface area contributed by atoms with E-state index in [4.69, 9.17) is 4.74 Å². The van der Waals surface area contributed by atoms with Gasteiger partial charge in [0.05, 0.1) is 12.9 Å². The minimum atomic E-state index is -0.785. The zero-order valence-corrected chi connectivity index (χ0v) is 13.3. The maximum atomic E-state index is 12.3. The minimum absolute atomic E-state index is 0.608. The summed E-state index contributed by atoms with van der Waals surface area (Å²) < 4.78 is 17.7. The van der Waals surface area contributed by atoms with Gasteiger partial charge in [-0.15, -0.1) is 0 Å². The summed E-state index contributed by atoms with van der Waals surface area (Å²) in [7, 11) is 2.82. The van der Waals surface area contributed by atoms with Gasteiger partial charge in [-0.05, 0) is 43.5 Å². The molecule has 1 aliphatic carbocycles. The van der Waals surface area contributed by atoms with Crippen LogP contribution < -0.4 is 10.1 Å². The fraction of sp³-hybridized carbons (Fsp3) is 0.625. The summed E-state index contributed by atoms with van der Waals surface area (Å²) in [6.07, 6.45) is 5.12. The van der Waals surface area contributed by atoms with E-state index in [0.717, 1.165) is 23.6 Å². The van der Waals surface area contributed by atoms with Crippen LogP contribution in [0, 0.1) is 5.92 Å². The molecular formula is C16H25NO2S. The molecule has 1 atom stereocenters. The van der Waals surface area contributed by atoms with E-state index in [0.29, 0.717) is 11.7 Å². The van der Waals surface area contributed by atoms with Gasteiger partial charge in [0, 0.05) is 28.7 Å². The van der Waals surface area contributed by atoms with Gasteiger partial charge in [-0.25, -0.2) is 0 Å². The van der Waals surface area contributed by atoms with E-state index in [1.165, 1.54) is 31.2 Å². The molecule has 20 heavy (non-hydrogen) atoms. The van der Waals surface area contributed by atoms with Crippen molar-refractivity contribution in [3.05, 3.63) is 29.3 Å². The molecule has 1 N–H and O–H groups in total. The quantitative estimate of drug-likeness (QED) is 0.840. The average molecular weight is 295 g/mol. The SMILES string of the molecule is CNCc1ccc(OC)c(CS(=O)CC2CCCC2)c1. The topological polar surface area (TPSA) is 38.3 Å². The van der Waals surface area contributed by atoms with Crippen molar-refractivity contribution >= 4 is 10.8 Å². The highest BCUT2D eigenvalue weighted by atomic mass is 32.2. The van der Waals surface area contributed by atoms with Gasteiger partial charge in [-0.3, -0.25) is 4.21 Å². The summed E-state index contributed by atoms with van der Waals surface area (Å²) in [4.78, 5) is 0. The van der Waals surface area contributed by atoms with Crippen molar-refractivity contribution in [1.82, 2.24) is 5.32 Å². The van der Waals surface area contributed by atoms with Gasteiger partial charge >= 0.3 is 0 Å². The third-order valence-corrected chi connectivity index (χ3v) is 5.41. The van der Waals surface area contributed by atoms with Crippen LogP contribution in [0.2, 0.25) is 0 Å². The van der Waals surface area contributed by atoms with Gasteiger partial charge in [0.1, 0.15) is 5.75 Å². The van der Waals surface area contributed by atoms with Crippen molar-refractivity contribution in [1.29, 1.82) is 0 Å². The van der Waals surface area contributed by atoms with Crippen LogP contribution in [0.4, 0.5) is 0 Å². The van der Waals surface area contributed by atoms with Crippen LogP contribution in [-0.2, 0) is 23.1 Å². The van der Waals surface area contributed by atoms with Crippen molar-refractivity contribution < 1.29 is 8.95 Å². The maximum absolute atomic E-state index is 12.3. The smallest absolute Gasteiger partial charge is 0.123 e. The molecule has 0 aromatic heterocycles. The Kier molecular flexibility index (Phi) is 6.05. The molecule has 1 aliphatic rings. The fourth-order valence-electron chi connectivity index (χ4n) is 2.93. The van der Waals surface area contributed by atoms with Gasteiger partial charge < -0.3 is 10.1 Å². The van der Waals surface area contributed by atoms with E-state index in [2.05, 4.69) is 17.4 Å². The second-order valence-corrected chi connectivity index (χ2v) is 7.08. The molecule has 1 fully saturated rings. The lowest BCUT2D eigenvalue weighted by Crippen LogP contribution is -2.11. The van der Waals surface area contributed by atoms with Crippen molar-refractivity contribution in [3.63, 3.8) is 0 Å². The Morgan fingerprint density at radius 2 is 2.10 bits per heavy atom. The summed E-state index contributed by atoms with van der Waals surface area (Å²) >= 11 is 0. The second-order valence-electron chi connectivity index (χ2n) is 5.58. The van der Waals surface area contributed by atoms with E-state index in [1.54, 1.807) is 7.11 Å². The van der Waals surface area contributed by atoms with Crippen LogP contribution in [0.3, 0.4) is 0 Å². The fourth-order valence-corrected chi connectivity index (χ4v) is 4.48. The molecule has 0 saturated heterocycles. The van der Waals surface area contributed by atoms with Crippen LogP contribution in [-0.4, -0.2) is 24.1 Å². The highest BCUT2D eigenvalue weighted by Gasteiger charge is 2.18. The van der Waals surface area contributed by atoms with Crippen molar-refractivity contribution in [3.8, 4) is 5.75 Å². The third-order valence-electron chi connectivity index (χ3n) is 3.94. The number of hydrogen-bond donors (Lipinski definition) is 1. The number of nitrogens with one attached hydrogen (secondary N) is 1. The van der Waals surface area contributed by atoms with Crippen LogP contribution >= 0.6 is 0 Å². The lowest BCUT2D eigenvalue weighted by atomic mass is 10.1. The summed E-state index contributed by atoms with van der Waals surface area (Å²) in [6, 6.07) is 6.15. The lowest BCUT2D eigenvalue weighted by Gasteiger charge is -2.12. The molecule has 3 nitrogen and oxygen atoms in total. The van der Waals surface area contributed by atoms with Crippen molar-refractivity contribution in [2.75, 3.05) is 19.9 Å². The Balaban J connectivity index is 2.01. The summed E-state index contributed by atoms with van der Waals surface area (Å²) in [6.45, 7) is 0.826. The summed E-state index contributed by atoms with van der Waals surface area (Å²) in [5, 5.41) is 3.14. The molecule has 0 amide bonds. The van der Waals surface area contributed by atoms with Crippen LogP contribution in [0.1, 0.15) is 36.8 Å². The molecule has 1 saturated carbocycles. The number of rotatable bonds is 7. The Bertz CT molecular complexity index is 456. The molecule has 2 rings (SSSR count). The zero-order valence-electron chi connectivity index (χ0n) is 12.5. The average Bonchev–Trinajstić information content (AvgIpc) is 2.92. The molecule has 1 unspecified atom stereocenters. The van der Waals surface area contributed by atoms with Gasteiger partial charge in [0.15, 0.2) is 0 Å². The monoisotopic (exact) mass is 295 g/mol. The van der Waals surface area contributed by atoms with Crippen molar-refractivity contribution in [2.45, 2.75) is 38.0 Å². The van der Waals surface area contributed by atoms with E-state index in [1.807, 2.05) is 13.1 Å². The Hall–Kier alpha value is -0.870. The van der Waals surface area contributed by atoms with Crippen LogP contribution in [0.15, 0.2) is 18.2 Å². The molecule has 0 spiro atoms. The van der Waals surface area contributed by atoms with Gasteiger partial charge in [0.2, 0.25) is 0 Å². The first kappa shape index (κ1) is 15.5. The molecule has 0 aliphatic heterocycles. The van der Waals surface area contributed by atoms with Crippen LogP contribution in [0.25, 0.3) is 0 Å². The standard InChI is InChI=1S/C16H25NO2S/c1-17-10-14-7-8-16(19-2)15(9-14)12-20(18)11-13-5-3-4-6-13/h7-9,13,17H,3-6,10-12H2,1-2H3. The molecule has 112 valence electrons. The highest BCUT2D eigenvalue weighted by Crippen LogP contribution is 2.27. The van der Waals surface area contributed by atoms with Crippen LogP contribution in [0.5, 0.6) is 5.75 Å². The molecule has 1 aromatic rings. The van der Waals surface area contributed by atoms with Gasteiger partial charge in [0.25, 0.3) is 0 Å². The van der Waals surface area contributed by atoms with Gasteiger partial charge in [-0.2, -0.15) is 0 Å². The van der Waals surface area contributed by atoms with E-state index < -0.39 is 10.8 Å². The largest absolute Gasteiger partial charge is 0.496 e. The summed E-state index contributed by atoms with van der Waals surface area (Å²) in [5.41, 5.74) is 2.28. The highest BCUT2D eigenvalue weighted by molar-refractivity contribution is 7.84. The molecule has 0 radical (unpaired) electrons. The Morgan fingerprint density at radius 1 is 1.35 bits per heavy atom. The number of methoxy groups -OCH3 is 1. The molecule has 1 aromatic carbocycles. The minimum Gasteiger partial charge on any atom is -0.496 e. The normalized spacial score (nSPS) is 17.3. The second kappa shape index (κ2) is 7.79. The predicted octanol–water partition coefficient (Wildman–Crippen LogP) is 2.85. The number of hydrogen-bond acceptors (Lipinski definition) is 3. The first-order valence-electron chi connectivity index (χ1n) is 7.38. The lowest BCUT2D eigenvalue weighted by molar-refractivity contribution is 0.411. The third kappa shape index (κ3) is 4.32. The summed E-state index contributed by atoms with van der Waals surface area (Å²) in [5.74, 6) is 2.98. The van der Waals surface area contributed by atoms with Crippen molar-refractivity contribution in [2.24, 2.45) is 5.92 Å². The number of ether oxygens (including phenoxy) is 1. The van der Waals surface area contributed by atoms with Gasteiger partial charge in [-0.1, -0.05) is 18.9 Å². The Morgan fingerprint density at radius 3 is 2.75 bits per heavy atom. The molecule has 0 heterocycles. The predicted molar refractivity (Wildman–Crippen MR) is 84.4 cm³/mol. The number of benzene rings is 1. The zero-order chi connectivity index (χ0) is 14.4. The van der Waals surface area contributed by atoms with E-state index in [9.17, 15) is 4.21 Å². The maximum Gasteiger partial charge on any atom is 0.123 e.